The van der Waals surface area contributed by atoms with E-state index in [0.29, 0.717) is 24.4 Å². The number of aromatic nitrogens is 1. The molecule has 0 radical (unpaired) electrons. The summed E-state index contributed by atoms with van der Waals surface area (Å²) in [6.07, 6.45) is 3.22. The molecule has 0 aliphatic carbocycles. The van der Waals surface area contributed by atoms with Crippen molar-refractivity contribution in [2.24, 2.45) is 0 Å². The van der Waals surface area contributed by atoms with Gasteiger partial charge in [-0.3, -0.25) is 0 Å². The molecule has 3 nitrogen and oxygen atoms in total. The van der Waals surface area contributed by atoms with Crippen LogP contribution >= 0.6 is 12.6 Å². The van der Waals surface area contributed by atoms with Crippen LogP contribution in [0.15, 0.2) is 54.6 Å². The Kier molecular flexibility index (Phi) is 14.7. The van der Waals surface area contributed by atoms with E-state index in [1.807, 2.05) is 13.8 Å². The first-order valence-corrected chi connectivity index (χ1v) is 16.4. The number of nitrogens with zero attached hydrogens (tertiary/aromatic N) is 1. The van der Waals surface area contributed by atoms with Gasteiger partial charge in [-0.1, -0.05) is 83.0 Å². The Balaban J connectivity index is 0.000000231. The number of thiol groups is 1. The third-order valence-electron chi connectivity index (χ3n) is 7.95. The monoisotopic (exact) mass is 591 g/mol. The lowest BCUT2D eigenvalue weighted by Gasteiger charge is -2.22. The summed E-state index contributed by atoms with van der Waals surface area (Å²) in [6.45, 7) is 23.7. The lowest BCUT2D eigenvalue weighted by molar-refractivity contribution is -0.00435. The van der Waals surface area contributed by atoms with E-state index in [-0.39, 0.29) is 5.60 Å². The summed E-state index contributed by atoms with van der Waals surface area (Å²) in [5.74, 6) is 1.77. The van der Waals surface area contributed by atoms with Gasteiger partial charge in [0, 0.05) is 35.5 Å². The molecule has 232 valence electrons. The SMILES string of the molecule is CCCn1c2ccc(C)cc2c2cc(C)ccc21.CCc1cc(C(C)C)ccc1C(C)C.COC(C)(C)CCOCS. The molecule has 1 aromatic heterocycles. The molecule has 0 unspecified atom stereocenters. The average Bonchev–Trinajstić information content (AvgIpc) is 3.25. The van der Waals surface area contributed by atoms with E-state index >= 15 is 0 Å². The summed E-state index contributed by atoms with van der Waals surface area (Å²) in [4.78, 5) is 0. The molecule has 0 N–H and O–H groups in total. The van der Waals surface area contributed by atoms with E-state index in [1.165, 1.54) is 56.0 Å². The molecule has 0 aliphatic heterocycles. The quantitative estimate of drug-likeness (QED) is 0.113. The van der Waals surface area contributed by atoms with E-state index in [9.17, 15) is 0 Å². The molecule has 0 spiro atoms. The fraction of sp³-hybridized carbons (Fsp3) is 0.526. The van der Waals surface area contributed by atoms with Crippen LogP contribution < -0.4 is 0 Å². The average molecular weight is 592 g/mol. The van der Waals surface area contributed by atoms with Gasteiger partial charge in [-0.05, 0) is 99.7 Å². The van der Waals surface area contributed by atoms with Crippen LogP contribution in [0.3, 0.4) is 0 Å². The molecular weight excluding hydrogens is 534 g/mol. The highest BCUT2D eigenvalue weighted by molar-refractivity contribution is 7.80. The third-order valence-corrected chi connectivity index (χ3v) is 8.13. The van der Waals surface area contributed by atoms with Crippen molar-refractivity contribution in [3.05, 3.63) is 82.4 Å². The van der Waals surface area contributed by atoms with E-state index < -0.39 is 0 Å². The maximum absolute atomic E-state index is 5.18. The maximum atomic E-state index is 5.18. The largest absolute Gasteiger partial charge is 0.379 e. The summed E-state index contributed by atoms with van der Waals surface area (Å²) < 4.78 is 12.7. The van der Waals surface area contributed by atoms with Gasteiger partial charge < -0.3 is 14.0 Å². The Morgan fingerprint density at radius 1 is 0.810 bits per heavy atom. The molecule has 1 heterocycles. The number of ether oxygens (including phenoxy) is 2. The van der Waals surface area contributed by atoms with Crippen molar-refractivity contribution in [2.75, 3.05) is 19.7 Å². The van der Waals surface area contributed by atoms with Crippen molar-refractivity contribution in [3.8, 4) is 0 Å². The van der Waals surface area contributed by atoms with Gasteiger partial charge in [0.2, 0.25) is 0 Å². The normalized spacial score (nSPS) is 11.6. The predicted molar refractivity (Wildman–Crippen MR) is 189 cm³/mol. The number of hydrogen-bond acceptors (Lipinski definition) is 3. The molecule has 4 rings (SSSR count). The zero-order chi connectivity index (χ0) is 31.4. The molecule has 0 amide bonds. The Hall–Kier alpha value is -2.27. The molecule has 3 aromatic carbocycles. The van der Waals surface area contributed by atoms with Crippen LogP contribution in [0.2, 0.25) is 0 Å². The van der Waals surface area contributed by atoms with Crippen LogP contribution in [0.1, 0.15) is 108 Å². The highest BCUT2D eigenvalue weighted by atomic mass is 32.1. The van der Waals surface area contributed by atoms with Gasteiger partial charge in [0.1, 0.15) is 0 Å². The summed E-state index contributed by atoms with van der Waals surface area (Å²) in [7, 11) is 1.71. The van der Waals surface area contributed by atoms with Crippen molar-refractivity contribution in [2.45, 2.75) is 112 Å². The first-order valence-electron chi connectivity index (χ1n) is 15.7. The number of rotatable bonds is 10. The molecule has 0 bridgehead atoms. The van der Waals surface area contributed by atoms with Crippen LogP contribution in [0.4, 0.5) is 0 Å². The second-order valence-electron chi connectivity index (χ2n) is 12.6. The summed E-state index contributed by atoms with van der Waals surface area (Å²) in [5.41, 5.74) is 9.82. The highest BCUT2D eigenvalue weighted by Gasteiger charge is 2.15. The van der Waals surface area contributed by atoms with Crippen molar-refractivity contribution >= 4 is 34.4 Å². The fourth-order valence-electron chi connectivity index (χ4n) is 5.14. The topological polar surface area (TPSA) is 23.4 Å². The van der Waals surface area contributed by atoms with Crippen molar-refractivity contribution < 1.29 is 9.47 Å². The van der Waals surface area contributed by atoms with Crippen LogP contribution in [-0.4, -0.2) is 29.8 Å². The molecule has 0 saturated carbocycles. The minimum atomic E-state index is -0.0665. The molecule has 0 fully saturated rings. The van der Waals surface area contributed by atoms with Crippen LogP contribution in [0.25, 0.3) is 21.8 Å². The van der Waals surface area contributed by atoms with Crippen LogP contribution in [0.5, 0.6) is 0 Å². The van der Waals surface area contributed by atoms with Gasteiger partial charge in [-0.15, -0.1) is 0 Å². The minimum absolute atomic E-state index is 0.0665. The zero-order valence-electron chi connectivity index (χ0n) is 28.3. The summed E-state index contributed by atoms with van der Waals surface area (Å²) in [5, 5.41) is 2.78. The van der Waals surface area contributed by atoms with E-state index in [0.717, 1.165) is 19.4 Å². The number of fused-ring (bicyclic) bond motifs is 3. The number of hydrogen-bond donors (Lipinski definition) is 1. The Morgan fingerprint density at radius 3 is 1.81 bits per heavy atom. The third kappa shape index (κ3) is 10.2. The standard InChI is InChI=1S/C17H19N.C14H22.C7H16O2S/c1-4-9-18-16-7-5-12(2)10-14(16)15-11-13(3)6-8-17(15)18;1-6-12-9-13(10(2)3)7-8-14(12)11(4)5;1-7(2,8-3)4-5-9-6-10/h5-8,10-11H,4,9H2,1-3H3;7-11H,6H2,1-5H3;10H,4-6H2,1-3H3. The van der Waals surface area contributed by atoms with E-state index in [4.69, 9.17) is 9.47 Å². The van der Waals surface area contributed by atoms with Gasteiger partial charge in [0.25, 0.3) is 0 Å². The number of aryl methyl sites for hydroxylation is 4. The first kappa shape index (κ1) is 35.9. The maximum Gasteiger partial charge on any atom is 0.0892 e. The summed E-state index contributed by atoms with van der Waals surface area (Å²) in [6, 6.07) is 20.5. The molecular formula is C38H57NO2S. The molecule has 4 aromatic rings. The Labute approximate surface area is 262 Å². The van der Waals surface area contributed by atoms with Crippen LogP contribution in [-0.2, 0) is 22.4 Å². The van der Waals surface area contributed by atoms with E-state index in [2.05, 4.69) is 127 Å². The van der Waals surface area contributed by atoms with Crippen molar-refractivity contribution in [1.29, 1.82) is 0 Å². The van der Waals surface area contributed by atoms with Gasteiger partial charge in [0.15, 0.2) is 0 Å². The van der Waals surface area contributed by atoms with Crippen molar-refractivity contribution in [3.63, 3.8) is 0 Å². The van der Waals surface area contributed by atoms with Gasteiger partial charge >= 0.3 is 0 Å². The molecule has 0 atom stereocenters. The second kappa shape index (κ2) is 17.1. The lowest BCUT2D eigenvalue weighted by Crippen LogP contribution is -2.24. The zero-order valence-corrected chi connectivity index (χ0v) is 29.2. The smallest absolute Gasteiger partial charge is 0.0892 e. The van der Waals surface area contributed by atoms with Crippen molar-refractivity contribution in [1.82, 2.24) is 4.57 Å². The highest BCUT2D eigenvalue weighted by Crippen LogP contribution is 2.31. The molecule has 42 heavy (non-hydrogen) atoms. The van der Waals surface area contributed by atoms with E-state index in [1.54, 1.807) is 7.11 Å². The minimum Gasteiger partial charge on any atom is -0.379 e. The Morgan fingerprint density at radius 2 is 1.38 bits per heavy atom. The predicted octanol–water partition coefficient (Wildman–Crippen LogP) is 11.0. The van der Waals surface area contributed by atoms with Gasteiger partial charge in [-0.25, -0.2) is 0 Å². The molecule has 4 heteroatoms. The molecule has 0 aliphatic rings. The summed E-state index contributed by atoms with van der Waals surface area (Å²) >= 11 is 3.92. The first-order chi connectivity index (χ1) is 19.9. The number of methoxy groups -OCH3 is 1. The van der Waals surface area contributed by atoms with Crippen LogP contribution in [0, 0.1) is 13.8 Å². The fourth-order valence-corrected chi connectivity index (χ4v) is 5.26. The lowest BCUT2D eigenvalue weighted by atomic mass is 9.91. The van der Waals surface area contributed by atoms with Gasteiger partial charge in [-0.2, -0.15) is 12.6 Å². The Bertz CT molecular complexity index is 1320. The molecule has 0 saturated heterocycles. The number of benzene rings is 3. The van der Waals surface area contributed by atoms with Gasteiger partial charge in [0.05, 0.1) is 18.1 Å². The second-order valence-corrected chi connectivity index (χ2v) is 12.8.